The van der Waals surface area contributed by atoms with E-state index >= 15 is 0 Å². The van der Waals surface area contributed by atoms with Crippen molar-refractivity contribution in [2.24, 2.45) is 17.6 Å². The van der Waals surface area contributed by atoms with Gasteiger partial charge in [0, 0.05) is 5.75 Å². The van der Waals surface area contributed by atoms with E-state index < -0.39 is 67.0 Å². The number of carboxylic acid groups (broad SMARTS) is 1. The number of thioether (sulfide) groups is 1. The van der Waals surface area contributed by atoms with Crippen molar-refractivity contribution in [3.8, 4) is 0 Å². The van der Waals surface area contributed by atoms with Gasteiger partial charge in [0.2, 0.25) is 17.7 Å². The van der Waals surface area contributed by atoms with Crippen molar-refractivity contribution in [3.05, 3.63) is 108 Å². The van der Waals surface area contributed by atoms with Gasteiger partial charge in [-0.2, -0.15) is 0 Å². The summed E-state index contributed by atoms with van der Waals surface area (Å²) >= 11 is 1.45. The molecule has 0 aliphatic rings. The van der Waals surface area contributed by atoms with Crippen LogP contribution in [-0.2, 0) is 28.4 Å². The third-order valence-electron chi connectivity index (χ3n) is 10.2. The number of carbonyl (C=O) groups excluding carboxylic acids is 3. The largest absolute Gasteiger partial charge is 0.480 e. The van der Waals surface area contributed by atoms with Gasteiger partial charge in [-0.1, -0.05) is 139 Å². The lowest BCUT2D eigenvalue weighted by Crippen LogP contribution is -2.61. The molecule has 3 rings (SSSR count). The van der Waals surface area contributed by atoms with Crippen LogP contribution in [0, 0.1) is 11.8 Å². The van der Waals surface area contributed by atoms with Gasteiger partial charge in [0.25, 0.3) is 0 Å². The fourth-order valence-corrected chi connectivity index (χ4v) is 8.83. The highest BCUT2D eigenvalue weighted by molar-refractivity contribution is 8.00. The van der Waals surface area contributed by atoms with Crippen molar-refractivity contribution in [1.82, 2.24) is 16.0 Å². The normalized spacial score (nSPS) is 15.1. The minimum atomic E-state index is -2.43. The van der Waals surface area contributed by atoms with E-state index in [1.54, 1.807) is 20.8 Å². The fourth-order valence-electron chi connectivity index (χ4n) is 5.85. The highest BCUT2D eigenvalue weighted by Crippen LogP contribution is 2.48. The lowest BCUT2D eigenvalue weighted by molar-refractivity contribution is -0.145. The number of hydrogen-bond acceptors (Lipinski definition) is 7. The van der Waals surface area contributed by atoms with E-state index in [2.05, 4.69) is 36.7 Å². The molecule has 0 aliphatic carbocycles. The van der Waals surface area contributed by atoms with E-state index in [9.17, 15) is 24.3 Å². The van der Waals surface area contributed by atoms with E-state index in [1.165, 1.54) is 11.8 Å². The zero-order valence-electron chi connectivity index (χ0n) is 33.4. The predicted octanol–water partition coefficient (Wildman–Crippen LogP) is 6.30. The maximum absolute atomic E-state index is 14.4. The minimum absolute atomic E-state index is 0.0321. The van der Waals surface area contributed by atoms with Crippen LogP contribution in [0.5, 0.6) is 0 Å². The molecule has 3 amide bonds. The molecule has 294 valence electrons. The molecule has 0 radical (unpaired) electrons. The molecule has 0 fully saturated rings. The Hall–Kier alpha value is -3.97. The summed E-state index contributed by atoms with van der Waals surface area (Å²) in [5.41, 5.74) is 8.98. The van der Waals surface area contributed by atoms with Gasteiger partial charge in [-0.25, -0.2) is 4.79 Å². The highest BCUT2D eigenvalue weighted by atomic mass is 32.2. The fraction of sp³-hybridized carbons (Fsp3) is 0.476. The number of nitrogens with one attached hydrogen (secondary N) is 3. The van der Waals surface area contributed by atoms with Gasteiger partial charge in [0.05, 0.1) is 16.9 Å². The first-order valence-corrected chi connectivity index (χ1v) is 22.5. The maximum atomic E-state index is 14.4. The second-order valence-corrected chi connectivity index (χ2v) is 22.0. The summed E-state index contributed by atoms with van der Waals surface area (Å²) in [7, 11) is -2.43. The quantitative estimate of drug-likeness (QED) is 0.0744. The van der Waals surface area contributed by atoms with Gasteiger partial charge in [-0.3, -0.25) is 14.4 Å². The van der Waals surface area contributed by atoms with E-state index in [0.29, 0.717) is 0 Å². The Morgan fingerprint density at radius 2 is 1.11 bits per heavy atom. The zero-order valence-corrected chi connectivity index (χ0v) is 35.2. The summed E-state index contributed by atoms with van der Waals surface area (Å²) in [6.45, 7) is 19.1. The zero-order chi connectivity index (χ0) is 40.4. The first kappa shape index (κ1) is 44.4. The summed E-state index contributed by atoms with van der Waals surface area (Å²) < 4.78 is 5.58. The van der Waals surface area contributed by atoms with Crippen LogP contribution in [0.4, 0.5) is 0 Å². The van der Waals surface area contributed by atoms with E-state index in [0.717, 1.165) is 16.7 Å². The molecule has 3 aromatic rings. The average Bonchev–Trinajstić information content (AvgIpc) is 3.12. The van der Waals surface area contributed by atoms with Crippen molar-refractivity contribution in [3.63, 3.8) is 0 Å². The third-order valence-corrected chi connectivity index (χ3v) is 16.4. The number of nitrogens with two attached hydrogens (primary N) is 1. The summed E-state index contributed by atoms with van der Waals surface area (Å²) in [6, 6.07) is 25.3. The molecule has 54 heavy (non-hydrogen) atoms. The van der Waals surface area contributed by atoms with Crippen molar-refractivity contribution < 1.29 is 28.7 Å². The van der Waals surface area contributed by atoms with Crippen molar-refractivity contribution in [1.29, 1.82) is 0 Å². The molecule has 0 saturated carbocycles. The summed E-state index contributed by atoms with van der Waals surface area (Å²) in [5.74, 6) is -3.50. The van der Waals surface area contributed by atoms with Crippen LogP contribution in [0.1, 0.15) is 72.1 Å². The van der Waals surface area contributed by atoms with Crippen molar-refractivity contribution in [2.45, 2.75) is 109 Å². The molecule has 6 N–H and O–H groups in total. The summed E-state index contributed by atoms with van der Waals surface area (Å²) in [5, 5.41) is 18.6. The molecular formula is C42H60N4O6SSi. The SMILES string of the molecule is CC(C)[C@@H](N)C(=O)N[C@@H](C(=O)N[C@H](CSC(c1ccccc1)(c1ccccc1)c1ccccc1)C(=O)N[C@H](C(=O)O)[C@@H](C)O[Si](C)(C)C(C)(C)C)C(C)C. The Balaban J connectivity index is 2.12. The first-order valence-electron chi connectivity index (χ1n) is 18.6. The molecule has 10 nitrogen and oxygen atoms in total. The van der Waals surface area contributed by atoms with Crippen LogP contribution in [0.2, 0.25) is 18.1 Å². The first-order chi connectivity index (χ1) is 25.2. The van der Waals surface area contributed by atoms with Crippen LogP contribution in [-0.4, -0.2) is 73.1 Å². The summed E-state index contributed by atoms with van der Waals surface area (Å²) in [4.78, 5) is 54.4. The van der Waals surface area contributed by atoms with Crippen molar-refractivity contribution in [2.75, 3.05) is 5.75 Å². The predicted molar refractivity (Wildman–Crippen MR) is 220 cm³/mol. The molecule has 0 spiro atoms. The standard InChI is InChI=1S/C42H60N4O6SSi/c1-27(2)34(43)38(48)45-35(28(3)4)39(49)44-33(37(47)46-36(40(50)51)29(5)52-54(9,10)41(6,7)8)26-53-42(30-20-14-11-15-21-30,31-22-16-12-17-23-31)32-24-18-13-19-25-32/h11-25,27-29,33-36H,26,43H2,1-10H3,(H,44,49)(H,45,48)(H,46,47)(H,50,51)/t29-,33-,34-,35-,36+/m1/s1. The molecule has 5 atom stereocenters. The van der Waals surface area contributed by atoms with Gasteiger partial charge in [0.1, 0.15) is 12.1 Å². The Morgan fingerprint density at radius 3 is 1.48 bits per heavy atom. The molecular weight excluding hydrogens is 717 g/mol. The van der Waals surface area contributed by atoms with Crippen LogP contribution in [0.3, 0.4) is 0 Å². The van der Waals surface area contributed by atoms with E-state index in [1.807, 2.05) is 118 Å². The number of carbonyl (C=O) groups is 4. The van der Waals surface area contributed by atoms with Gasteiger partial charge >= 0.3 is 5.97 Å². The van der Waals surface area contributed by atoms with Gasteiger partial charge in [-0.05, 0) is 53.6 Å². The number of benzene rings is 3. The lowest BCUT2D eigenvalue weighted by Gasteiger charge is -2.40. The molecule has 0 aliphatic heterocycles. The van der Waals surface area contributed by atoms with Gasteiger partial charge < -0.3 is 31.2 Å². The number of amides is 3. The topological polar surface area (TPSA) is 160 Å². The highest BCUT2D eigenvalue weighted by Gasteiger charge is 2.43. The van der Waals surface area contributed by atoms with Crippen molar-refractivity contribution >= 4 is 43.8 Å². The minimum Gasteiger partial charge on any atom is -0.480 e. The smallest absolute Gasteiger partial charge is 0.328 e. The Morgan fingerprint density at radius 1 is 0.685 bits per heavy atom. The Labute approximate surface area is 326 Å². The van der Waals surface area contributed by atoms with Crippen LogP contribution >= 0.6 is 11.8 Å². The monoisotopic (exact) mass is 776 g/mol. The Kier molecular flexibility index (Phi) is 15.7. The van der Waals surface area contributed by atoms with Crippen LogP contribution in [0.15, 0.2) is 91.0 Å². The number of hydrogen-bond donors (Lipinski definition) is 5. The lowest BCUT2D eigenvalue weighted by atomic mass is 9.84. The van der Waals surface area contributed by atoms with Gasteiger partial charge in [-0.15, -0.1) is 11.8 Å². The molecule has 12 heteroatoms. The number of carboxylic acids is 1. The second-order valence-electron chi connectivity index (χ2n) is 16.1. The summed E-state index contributed by atoms with van der Waals surface area (Å²) in [6.07, 6.45) is -0.867. The van der Waals surface area contributed by atoms with Crippen LogP contribution in [0.25, 0.3) is 0 Å². The molecule has 0 unspecified atom stereocenters. The third kappa shape index (κ3) is 11.1. The molecule has 3 aromatic carbocycles. The van der Waals surface area contributed by atoms with Gasteiger partial charge in [0.15, 0.2) is 14.4 Å². The van der Waals surface area contributed by atoms with E-state index in [-0.39, 0.29) is 22.6 Å². The maximum Gasteiger partial charge on any atom is 0.328 e. The van der Waals surface area contributed by atoms with E-state index in [4.69, 9.17) is 10.2 Å². The number of rotatable bonds is 18. The van der Waals surface area contributed by atoms with Crippen LogP contribution < -0.4 is 21.7 Å². The Bertz CT molecular complexity index is 1590. The average molecular weight is 777 g/mol. The second kappa shape index (κ2) is 19.1. The molecule has 0 bridgehead atoms. The molecule has 0 heterocycles. The molecule has 0 aromatic heterocycles. The molecule has 0 saturated heterocycles. The number of aliphatic carboxylic acids is 1.